The van der Waals surface area contributed by atoms with Gasteiger partial charge in [-0.1, -0.05) is 34.1 Å². The number of anilines is 1. The van der Waals surface area contributed by atoms with E-state index in [0.29, 0.717) is 11.8 Å². The summed E-state index contributed by atoms with van der Waals surface area (Å²) in [5, 5.41) is 3.83. The van der Waals surface area contributed by atoms with E-state index in [1.807, 2.05) is 6.07 Å². The Hall–Kier alpha value is -1.74. The molecule has 0 fully saturated rings. The van der Waals surface area contributed by atoms with Crippen molar-refractivity contribution in [3.63, 3.8) is 0 Å². The van der Waals surface area contributed by atoms with Crippen LogP contribution in [0.3, 0.4) is 0 Å². The second-order valence-electron chi connectivity index (χ2n) is 6.90. The Morgan fingerprint density at radius 2 is 2.00 bits per heavy atom. The Bertz CT molecular complexity index is 827. The topological polar surface area (TPSA) is 21.3 Å². The molecule has 0 radical (unpaired) electrons. The number of rotatable bonds is 2. The molecule has 3 atom stereocenters. The molecule has 4 rings (SSSR count). The SMILES string of the molecule is COc1ccc(Br)cc1[C@@H]1Nc2cc(C)cc(C)c2[C@@H]2C=CC[C@@H]21. The maximum absolute atomic E-state index is 5.66. The molecule has 2 nitrogen and oxygen atoms in total. The summed E-state index contributed by atoms with van der Waals surface area (Å²) in [5.41, 5.74) is 6.66. The summed E-state index contributed by atoms with van der Waals surface area (Å²) in [6.07, 6.45) is 5.83. The van der Waals surface area contributed by atoms with Crippen LogP contribution in [0.1, 0.15) is 40.6 Å². The highest BCUT2D eigenvalue weighted by atomic mass is 79.9. The number of hydrogen-bond acceptors (Lipinski definition) is 2. The van der Waals surface area contributed by atoms with Crippen molar-refractivity contribution in [2.75, 3.05) is 12.4 Å². The van der Waals surface area contributed by atoms with Gasteiger partial charge < -0.3 is 10.1 Å². The van der Waals surface area contributed by atoms with E-state index in [-0.39, 0.29) is 6.04 Å². The third-order valence-corrected chi connectivity index (χ3v) is 5.84. The lowest BCUT2D eigenvalue weighted by atomic mass is 9.75. The molecular weight excluding hydrogens is 362 g/mol. The van der Waals surface area contributed by atoms with Crippen molar-refractivity contribution in [2.24, 2.45) is 5.92 Å². The molecule has 0 unspecified atom stereocenters. The van der Waals surface area contributed by atoms with Gasteiger partial charge in [-0.05, 0) is 67.1 Å². The van der Waals surface area contributed by atoms with Gasteiger partial charge in [0.1, 0.15) is 5.75 Å². The largest absolute Gasteiger partial charge is 0.496 e. The van der Waals surface area contributed by atoms with E-state index in [1.165, 1.54) is 27.9 Å². The molecule has 1 aliphatic heterocycles. The van der Waals surface area contributed by atoms with Gasteiger partial charge in [-0.3, -0.25) is 0 Å². The zero-order chi connectivity index (χ0) is 16.8. The molecule has 1 aliphatic carbocycles. The average Bonchev–Trinajstić information content (AvgIpc) is 3.02. The predicted molar refractivity (Wildman–Crippen MR) is 103 cm³/mol. The maximum atomic E-state index is 5.66. The first-order valence-electron chi connectivity index (χ1n) is 8.46. The van der Waals surface area contributed by atoms with Gasteiger partial charge in [0, 0.05) is 21.6 Å². The Labute approximate surface area is 152 Å². The van der Waals surface area contributed by atoms with Crippen LogP contribution in [0.25, 0.3) is 0 Å². The van der Waals surface area contributed by atoms with E-state index in [0.717, 1.165) is 16.6 Å². The van der Waals surface area contributed by atoms with Gasteiger partial charge in [0.2, 0.25) is 0 Å². The summed E-state index contributed by atoms with van der Waals surface area (Å²) in [6.45, 7) is 4.40. The average molecular weight is 384 g/mol. The van der Waals surface area contributed by atoms with E-state index >= 15 is 0 Å². The summed E-state index contributed by atoms with van der Waals surface area (Å²) in [6, 6.07) is 11.1. The minimum absolute atomic E-state index is 0.256. The highest BCUT2D eigenvalue weighted by Crippen LogP contribution is 2.52. The number of methoxy groups -OCH3 is 1. The summed E-state index contributed by atoms with van der Waals surface area (Å²) in [5.74, 6) is 1.96. The van der Waals surface area contributed by atoms with Crippen molar-refractivity contribution in [2.45, 2.75) is 32.2 Å². The van der Waals surface area contributed by atoms with Crippen molar-refractivity contribution < 1.29 is 4.74 Å². The summed E-state index contributed by atoms with van der Waals surface area (Å²) in [7, 11) is 1.75. The van der Waals surface area contributed by atoms with Crippen molar-refractivity contribution in [1.82, 2.24) is 0 Å². The van der Waals surface area contributed by atoms with Gasteiger partial charge in [-0.15, -0.1) is 0 Å². The lowest BCUT2D eigenvalue weighted by molar-refractivity contribution is 0.380. The molecule has 0 amide bonds. The summed E-state index contributed by atoms with van der Waals surface area (Å²) < 4.78 is 6.75. The number of fused-ring (bicyclic) bond motifs is 3. The first kappa shape index (κ1) is 15.8. The van der Waals surface area contributed by atoms with Crippen molar-refractivity contribution in [3.05, 3.63) is 69.2 Å². The van der Waals surface area contributed by atoms with Crippen molar-refractivity contribution >= 4 is 21.6 Å². The Morgan fingerprint density at radius 1 is 1.17 bits per heavy atom. The molecule has 0 spiro atoms. The van der Waals surface area contributed by atoms with Crippen molar-refractivity contribution in [1.29, 1.82) is 0 Å². The normalized spacial score (nSPS) is 24.2. The van der Waals surface area contributed by atoms with Gasteiger partial charge >= 0.3 is 0 Å². The maximum Gasteiger partial charge on any atom is 0.124 e. The van der Waals surface area contributed by atoms with E-state index in [1.54, 1.807) is 7.11 Å². The zero-order valence-corrected chi connectivity index (χ0v) is 15.9. The Balaban J connectivity index is 1.86. The second-order valence-corrected chi connectivity index (χ2v) is 7.82. The van der Waals surface area contributed by atoms with Gasteiger partial charge in [0.05, 0.1) is 13.2 Å². The van der Waals surface area contributed by atoms with Crippen LogP contribution in [0.4, 0.5) is 5.69 Å². The molecule has 0 saturated carbocycles. The van der Waals surface area contributed by atoms with E-state index in [9.17, 15) is 0 Å². The van der Waals surface area contributed by atoms with E-state index in [4.69, 9.17) is 4.74 Å². The van der Waals surface area contributed by atoms with Crippen LogP contribution in [0.5, 0.6) is 5.75 Å². The lowest BCUT2D eigenvalue weighted by Gasteiger charge is -2.39. The second kappa shape index (κ2) is 5.96. The van der Waals surface area contributed by atoms with E-state index in [2.05, 4.69) is 71.5 Å². The third kappa shape index (κ3) is 2.46. The van der Waals surface area contributed by atoms with E-state index < -0.39 is 0 Å². The fraction of sp³-hybridized carbons (Fsp3) is 0.333. The number of ether oxygens (including phenoxy) is 1. The van der Waals surface area contributed by atoms with Gasteiger partial charge in [-0.2, -0.15) is 0 Å². The van der Waals surface area contributed by atoms with Crippen LogP contribution in [0.15, 0.2) is 47.0 Å². The van der Waals surface area contributed by atoms with Gasteiger partial charge in [-0.25, -0.2) is 0 Å². The monoisotopic (exact) mass is 383 g/mol. The van der Waals surface area contributed by atoms with Gasteiger partial charge in [0.15, 0.2) is 0 Å². The molecule has 0 bridgehead atoms. The number of nitrogens with one attached hydrogen (secondary N) is 1. The molecule has 3 heteroatoms. The minimum atomic E-state index is 0.256. The smallest absolute Gasteiger partial charge is 0.124 e. The van der Waals surface area contributed by atoms with Crippen LogP contribution >= 0.6 is 15.9 Å². The first-order chi connectivity index (χ1) is 11.6. The zero-order valence-electron chi connectivity index (χ0n) is 14.3. The number of aryl methyl sites for hydroxylation is 2. The lowest BCUT2D eigenvalue weighted by Crippen LogP contribution is -2.30. The number of benzene rings is 2. The molecule has 0 aromatic heterocycles. The Morgan fingerprint density at radius 3 is 2.79 bits per heavy atom. The van der Waals surface area contributed by atoms with Crippen LogP contribution in [-0.2, 0) is 0 Å². The summed E-state index contributed by atoms with van der Waals surface area (Å²) >= 11 is 3.62. The molecule has 124 valence electrons. The number of allylic oxidation sites excluding steroid dienone is 2. The van der Waals surface area contributed by atoms with Crippen LogP contribution in [0.2, 0.25) is 0 Å². The minimum Gasteiger partial charge on any atom is -0.496 e. The summed E-state index contributed by atoms with van der Waals surface area (Å²) in [4.78, 5) is 0. The predicted octanol–water partition coefficient (Wildman–Crippen LogP) is 5.90. The van der Waals surface area contributed by atoms with Crippen LogP contribution < -0.4 is 10.1 Å². The van der Waals surface area contributed by atoms with Crippen LogP contribution in [-0.4, -0.2) is 7.11 Å². The molecule has 1 heterocycles. The third-order valence-electron chi connectivity index (χ3n) is 5.34. The van der Waals surface area contributed by atoms with Crippen LogP contribution in [0, 0.1) is 19.8 Å². The molecule has 1 N–H and O–H groups in total. The molecule has 2 aromatic rings. The Kier molecular flexibility index (Phi) is 3.92. The first-order valence-corrected chi connectivity index (χ1v) is 9.25. The highest BCUT2D eigenvalue weighted by molar-refractivity contribution is 9.10. The van der Waals surface area contributed by atoms with Gasteiger partial charge in [0.25, 0.3) is 0 Å². The van der Waals surface area contributed by atoms with Crippen molar-refractivity contribution in [3.8, 4) is 5.75 Å². The molecule has 2 aliphatic rings. The fourth-order valence-electron chi connectivity index (χ4n) is 4.40. The molecule has 24 heavy (non-hydrogen) atoms. The highest BCUT2D eigenvalue weighted by Gasteiger charge is 2.39. The molecule has 2 aromatic carbocycles. The molecular formula is C21H22BrNO. The number of halogens is 1. The molecule has 0 saturated heterocycles. The number of hydrogen-bond donors (Lipinski definition) is 1. The quantitative estimate of drug-likeness (QED) is 0.651. The standard InChI is InChI=1S/C21H22BrNO/c1-12-9-13(2)20-15-5-4-6-16(15)21(23-18(20)10-12)17-11-14(22)7-8-19(17)24-3/h4-5,7-11,15-16,21,23H,6H2,1-3H3/t15-,16+,21-/m1/s1. The fourth-order valence-corrected chi connectivity index (χ4v) is 4.78.